The van der Waals surface area contributed by atoms with Gasteiger partial charge in [0.1, 0.15) is 5.82 Å². The zero-order valence-electron chi connectivity index (χ0n) is 12.8. The van der Waals surface area contributed by atoms with Crippen molar-refractivity contribution in [3.8, 4) is 0 Å². The van der Waals surface area contributed by atoms with E-state index in [0.717, 1.165) is 5.52 Å². The van der Waals surface area contributed by atoms with Crippen LogP contribution in [-0.4, -0.2) is 37.9 Å². The molecule has 122 valence electrons. The Labute approximate surface area is 138 Å². The molecule has 0 radical (unpaired) electrons. The zero-order valence-corrected chi connectivity index (χ0v) is 12.8. The van der Waals surface area contributed by atoms with Crippen molar-refractivity contribution in [3.63, 3.8) is 0 Å². The van der Waals surface area contributed by atoms with Crippen LogP contribution in [0.1, 0.15) is 28.4 Å². The van der Waals surface area contributed by atoms with Crippen LogP contribution in [0.5, 0.6) is 0 Å². The van der Waals surface area contributed by atoms with Crippen molar-refractivity contribution < 1.29 is 14.3 Å². The number of carbonyl (C=O) groups excluding carboxylic acids is 1. The Balaban J connectivity index is 1.68. The van der Waals surface area contributed by atoms with Crippen molar-refractivity contribution in [1.82, 2.24) is 14.3 Å². The van der Waals surface area contributed by atoms with E-state index in [1.54, 1.807) is 46.2 Å². The summed E-state index contributed by atoms with van der Waals surface area (Å²) in [6.45, 7) is 0.238. The molecule has 1 aliphatic rings. The summed E-state index contributed by atoms with van der Waals surface area (Å²) in [5.74, 6) is -0.530. The Bertz CT molecular complexity index is 908. The van der Waals surface area contributed by atoms with Gasteiger partial charge in [-0.1, -0.05) is 12.1 Å². The molecule has 6 heteroatoms. The number of carbonyl (C=O) groups is 1. The van der Waals surface area contributed by atoms with Gasteiger partial charge in [0, 0.05) is 12.7 Å². The summed E-state index contributed by atoms with van der Waals surface area (Å²) in [5.41, 5.74) is 2.11. The van der Waals surface area contributed by atoms with Crippen LogP contribution < -0.4 is 0 Å². The number of amides is 1. The topological polar surface area (TPSA) is 57.8 Å². The van der Waals surface area contributed by atoms with Crippen LogP contribution in [-0.2, 0) is 0 Å². The number of aliphatic hydroxyl groups is 1. The molecule has 24 heavy (non-hydrogen) atoms. The highest BCUT2D eigenvalue weighted by Gasteiger charge is 2.36. The summed E-state index contributed by atoms with van der Waals surface area (Å²) in [4.78, 5) is 18.6. The van der Waals surface area contributed by atoms with Crippen LogP contribution in [0.4, 0.5) is 4.39 Å². The minimum Gasteiger partial charge on any atom is -0.391 e. The summed E-state index contributed by atoms with van der Waals surface area (Å²) in [6.07, 6.45) is 4.86. The molecule has 2 aromatic heterocycles. The molecule has 0 bridgehead atoms. The zero-order chi connectivity index (χ0) is 16.7. The predicted octanol–water partition coefficient (Wildman–Crippen LogP) is 2.42. The number of benzene rings is 1. The number of hydrogen-bond donors (Lipinski definition) is 1. The molecule has 0 aliphatic carbocycles. The van der Waals surface area contributed by atoms with Crippen LogP contribution in [0.3, 0.4) is 0 Å². The van der Waals surface area contributed by atoms with Gasteiger partial charge in [0.25, 0.3) is 5.91 Å². The fourth-order valence-corrected chi connectivity index (χ4v) is 3.28. The molecule has 1 aromatic carbocycles. The fraction of sp³-hybridized carbons (Fsp3) is 0.222. The Kier molecular flexibility index (Phi) is 3.54. The van der Waals surface area contributed by atoms with Crippen molar-refractivity contribution in [2.75, 3.05) is 6.54 Å². The molecule has 0 unspecified atom stereocenters. The first-order valence-electron chi connectivity index (χ1n) is 7.78. The number of nitrogens with zero attached hydrogens (tertiary/aromatic N) is 3. The maximum absolute atomic E-state index is 13.5. The molecule has 4 rings (SSSR count). The molecule has 1 saturated heterocycles. The van der Waals surface area contributed by atoms with E-state index in [1.165, 1.54) is 12.1 Å². The number of imidazole rings is 1. The van der Waals surface area contributed by atoms with E-state index in [1.807, 2.05) is 6.07 Å². The summed E-state index contributed by atoms with van der Waals surface area (Å²) >= 11 is 0. The molecule has 3 heterocycles. The third kappa shape index (κ3) is 2.55. The van der Waals surface area contributed by atoms with Gasteiger partial charge in [-0.15, -0.1) is 0 Å². The first kappa shape index (κ1) is 14.8. The maximum Gasteiger partial charge on any atom is 0.255 e. The van der Waals surface area contributed by atoms with Crippen molar-refractivity contribution in [3.05, 3.63) is 72.1 Å². The van der Waals surface area contributed by atoms with Gasteiger partial charge in [0.2, 0.25) is 0 Å². The average molecular weight is 325 g/mol. The summed E-state index contributed by atoms with van der Waals surface area (Å²) in [7, 11) is 0. The van der Waals surface area contributed by atoms with Gasteiger partial charge in [-0.2, -0.15) is 0 Å². The number of hydrogen-bond acceptors (Lipinski definition) is 3. The summed E-state index contributed by atoms with van der Waals surface area (Å²) in [6, 6.07) is 9.43. The minimum absolute atomic E-state index is 0.184. The minimum atomic E-state index is -0.612. The lowest BCUT2D eigenvalue weighted by atomic mass is 10.0. The maximum atomic E-state index is 13.5. The third-order valence-electron chi connectivity index (χ3n) is 4.43. The van der Waals surface area contributed by atoms with Gasteiger partial charge < -0.3 is 14.4 Å². The monoisotopic (exact) mass is 325 g/mol. The van der Waals surface area contributed by atoms with E-state index in [-0.39, 0.29) is 24.3 Å². The van der Waals surface area contributed by atoms with E-state index >= 15 is 0 Å². The number of pyridine rings is 1. The lowest BCUT2D eigenvalue weighted by Crippen LogP contribution is -2.32. The van der Waals surface area contributed by atoms with Gasteiger partial charge in [-0.05, 0) is 36.2 Å². The smallest absolute Gasteiger partial charge is 0.255 e. The van der Waals surface area contributed by atoms with Gasteiger partial charge in [-0.25, -0.2) is 9.37 Å². The molecule has 2 atom stereocenters. The highest BCUT2D eigenvalue weighted by Crippen LogP contribution is 2.33. The molecular weight excluding hydrogens is 309 g/mol. The van der Waals surface area contributed by atoms with Crippen molar-refractivity contribution in [1.29, 1.82) is 0 Å². The van der Waals surface area contributed by atoms with E-state index in [4.69, 9.17) is 0 Å². The van der Waals surface area contributed by atoms with Crippen LogP contribution in [0.15, 0.2) is 55.1 Å². The SMILES string of the molecule is O=C(c1ccc2cncn2c1)N1C[C@H](O)C[C@H]1c1cccc(F)c1. The first-order chi connectivity index (χ1) is 11.6. The molecule has 1 amide bonds. The molecule has 0 spiro atoms. The van der Waals surface area contributed by atoms with Crippen LogP contribution in [0.2, 0.25) is 0 Å². The van der Waals surface area contributed by atoms with E-state index in [9.17, 15) is 14.3 Å². The Morgan fingerprint density at radius 2 is 2.17 bits per heavy atom. The highest BCUT2D eigenvalue weighted by atomic mass is 19.1. The summed E-state index contributed by atoms with van der Waals surface area (Å²) < 4.78 is 15.3. The second kappa shape index (κ2) is 5.72. The molecule has 1 aliphatic heterocycles. The van der Waals surface area contributed by atoms with Gasteiger partial charge in [0.15, 0.2) is 0 Å². The number of likely N-dealkylation sites (tertiary alicyclic amines) is 1. The Morgan fingerprint density at radius 1 is 1.29 bits per heavy atom. The van der Waals surface area contributed by atoms with Crippen LogP contribution in [0, 0.1) is 5.82 Å². The van der Waals surface area contributed by atoms with Crippen molar-refractivity contribution in [2.24, 2.45) is 0 Å². The molecule has 0 saturated carbocycles. The fourth-order valence-electron chi connectivity index (χ4n) is 3.28. The molecule has 5 nitrogen and oxygen atoms in total. The van der Waals surface area contributed by atoms with E-state index < -0.39 is 6.10 Å². The number of rotatable bonds is 2. The Hall–Kier alpha value is -2.73. The molecule has 1 fully saturated rings. The van der Waals surface area contributed by atoms with E-state index in [2.05, 4.69) is 4.98 Å². The number of halogens is 1. The third-order valence-corrected chi connectivity index (χ3v) is 4.43. The lowest BCUT2D eigenvalue weighted by Gasteiger charge is -2.25. The van der Waals surface area contributed by atoms with Crippen LogP contribution >= 0.6 is 0 Å². The molecular formula is C18H16FN3O2. The first-order valence-corrected chi connectivity index (χ1v) is 7.78. The lowest BCUT2D eigenvalue weighted by molar-refractivity contribution is 0.0715. The normalized spacial score (nSPS) is 20.7. The van der Waals surface area contributed by atoms with Gasteiger partial charge >= 0.3 is 0 Å². The quantitative estimate of drug-likeness (QED) is 0.787. The molecule has 3 aromatic rings. The largest absolute Gasteiger partial charge is 0.391 e. The molecule has 1 N–H and O–H groups in total. The number of aromatic nitrogens is 2. The Morgan fingerprint density at radius 3 is 3.00 bits per heavy atom. The second-order valence-electron chi connectivity index (χ2n) is 6.06. The number of β-amino-alcohol motifs (C(OH)–C–C–N with tert-alkyl or cyclic N) is 1. The average Bonchev–Trinajstić information content (AvgIpc) is 3.19. The number of fused-ring (bicyclic) bond motifs is 1. The second-order valence-corrected chi connectivity index (χ2v) is 6.06. The predicted molar refractivity (Wildman–Crippen MR) is 86.0 cm³/mol. The number of aliphatic hydroxyl groups excluding tert-OH is 1. The van der Waals surface area contributed by atoms with Crippen LogP contribution in [0.25, 0.3) is 5.52 Å². The van der Waals surface area contributed by atoms with E-state index in [0.29, 0.717) is 17.5 Å². The van der Waals surface area contributed by atoms with Crippen molar-refractivity contribution in [2.45, 2.75) is 18.6 Å². The van der Waals surface area contributed by atoms with Crippen molar-refractivity contribution >= 4 is 11.4 Å². The standard InChI is InChI=1S/C18H16FN3O2/c19-14-3-1-2-12(6-14)17-7-16(23)10-22(17)18(24)13-4-5-15-8-20-11-21(15)9-13/h1-6,8-9,11,16-17,23H,7,10H2/t16-,17+/m1/s1. The highest BCUT2D eigenvalue weighted by molar-refractivity contribution is 5.94. The van der Waals surface area contributed by atoms with Gasteiger partial charge in [0.05, 0.1) is 35.8 Å². The summed E-state index contributed by atoms with van der Waals surface area (Å²) in [5, 5.41) is 10.0. The van der Waals surface area contributed by atoms with Gasteiger partial charge in [-0.3, -0.25) is 4.79 Å².